The summed E-state index contributed by atoms with van der Waals surface area (Å²) in [7, 11) is 5.50. The lowest BCUT2D eigenvalue weighted by Crippen LogP contribution is -2.08. The molecule has 0 aliphatic carbocycles. The van der Waals surface area contributed by atoms with Crippen molar-refractivity contribution in [2.45, 2.75) is 13.3 Å². The molecule has 0 bridgehead atoms. The molecule has 1 rings (SSSR count). The SMILES string of the molecule is [B]c1ccc(CC(=O)OCC)cc1. The molecule has 66 valence electrons. The van der Waals surface area contributed by atoms with Gasteiger partial charge in [-0.15, -0.1) is 0 Å². The lowest BCUT2D eigenvalue weighted by atomic mass is 9.95. The molecule has 0 saturated carbocycles. The average Bonchev–Trinajstić information content (AvgIpc) is 2.09. The highest BCUT2D eigenvalue weighted by Crippen LogP contribution is 1.99. The fourth-order valence-electron chi connectivity index (χ4n) is 1.01. The molecule has 0 fully saturated rings. The van der Waals surface area contributed by atoms with E-state index in [1.807, 2.05) is 12.1 Å². The minimum Gasteiger partial charge on any atom is -0.466 e. The van der Waals surface area contributed by atoms with Crippen LogP contribution >= 0.6 is 0 Å². The number of hydrogen-bond acceptors (Lipinski definition) is 2. The highest BCUT2D eigenvalue weighted by atomic mass is 16.5. The first-order chi connectivity index (χ1) is 6.22. The van der Waals surface area contributed by atoms with E-state index in [0.717, 1.165) is 5.56 Å². The van der Waals surface area contributed by atoms with Gasteiger partial charge < -0.3 is 4.74 Å². The fraction of sp³-hybridized carbons (Fsp3) is 0.300. The Labute approximate surface area is 79.3 Å². The average molecular weight is 174 g/mol. The van der Waals surface area contributed by atoms with Crippen molar-refractivity contribution >= 4 is 19.3 Å². The number of carbonyl (C=O) groups is 1. The third kappa shape index (κ3) is 3.32. The molecule has 1 aromatic carbocycles. The second kappa shape index (κ2) is 4.70. The van der Waals surface area contributed by atoms with E-state index in [9.17, 15) is 4.79 Å². The predicted octanol–water partition coefficient (Wildman–Crippen LogP) is 0.586. The van der Waals surface area contributed by atoms with Gasteiger partial charge >= 0.3 is 5.97 Å². The van der Waals surface area contributed by atoms with E-state index in [4.69, 9.17) is 12.6 Å². The summed E-state index contributed by atoms with van der Waals surface area (Å²) in [6.07, 6.45) is 0.314. The van der Waals surface area contributed by atoms with Crippen LogP contribution in [-0.2, 0) is 16.0 Å². The predicted molar refractivity (Wildman–Crippen MR) is 52.2 cm³/mol. The van der Waals surface area contributed by atoms with Gasteiger partial charge in [0, 0.05) is 0 Å². The quantitative estimate of drug-likeness (QED) is 0.495. The molecular formula is C10H11BO2. The van der Waals surface area contributed by atoms with Gasteiger partial charge in [-0.3, -0.25) is 4.79 Å². The Morgan fingerprint density at radius 2 is 2.00 bits per heavy atom. The normalized spacial score (nSPS) is 9.62. The molecule has 3 heteroatoms. The van der Waals surface area contributed by atoms with Gasteiger partial charge in [0.25, 0.3) is 0 Å². The first-order valence-corrected chi connectivity index (χ1v) is 4.22. The van der Waals surface area contributed by atoms with Gasteiger partial charge in [0.15, 0.2) is 0 Å². The molecule has 0 atom stereocenters. The zero-order chi connectivity index (χ0) is 9.68. The van der Waals surface area contributed by atoms with Gasteiger partial charge in [0.05, 0.1) is 13.0 Å². The summed E-state index contributed by atoms with van der Waals surface area (Å²) in [5, 5.41) is 0. The van der Waals surface area contributed by atoms with Crippen molar-refractivity contribution in [3.8, 4) is 0 Å². The van der Waals surface area contributed by atoms with Crippen molar-refractivity contribution in [1.29, 1.82) is 0 Å². The van der Waals surface area contributed by atoms with Crippen LogP contribution in [0.15, 0.2) is 24.3 Å². The van der Waals surface area contributed by atoms with E-state index in [2.05, 4.69) is 0 Å². The lowest BCUT2D eigenvalue weighted by molar-refractivity contribution is -0.142. The highest BCUT2D eigenvalue weighted by Gasteiger charge is 2.02. The molecule has 0 amide bonds. The molecule has 1 aromatic rings. The second-order valence-corrected chi connectivity index (χ2v) is 2.72. The molecule has 13 heavy (non-hydrogen) atoms. The van der Waals surface area contributed by atoms with Gasteiger partial charge in [-0.2, -0.15) is 0 Å². The Kier molecular flexibility index (Phi) is 3.56. The van der Waals surface area contributed by atoms with Crippen molar-refractivity contribution in [1.82, 2.24) is 0 Å². The smallest absolute Gasteiger partial charge is 0.310 e. The van der Waals surface area contributed by atoms with E-state index in [1.165, 1.54) is 0 Å². The number of carbonyl (C=O) groups excluding carboxylic acids is 1. The highest BCUT2D eigenvalue weighted by molar-refractivity contribution is 6.32. The summed E-state index contributed by atoms with van der Waals surface area (Å²) in [6.45, 7) is 2.22. The van der Waals surface area contributed by atoms with E-state index < -0.39 is 0 Å². The Balaban J connectivity index is 2.54. The minimum atomic E-state index is -0.202. The fourth-order valence-corrected chi connectivity index (χ4v) is 1.01. The Hall–Kier alpha value is -1.25. The third-order valence-corrected chi connectivity index (χ3v) is 1.63. The zero-order valence-electron chi connectivity index (χ0n) is 7.62. The van der Waals surface area contributed by atoms with Crippen LogP contribution in [0.3, 0.4) is 0 Å². The Morgan fingerprint density at radius 1 is 1.38 bits per heavy atom. The van der Waals surface area contributed by atoms with Crippen LogP contribution in [-0.4, -0.2) is 20.4 Å². The molecule has 0 spiro atoms. The maximum Gasteiger partial charge on any atom is 0.310 e. The minimum absolute atomic E-state index is 0.202. The number of benzene rings is 1. The zero-order valence-corrected chi connectivity index (χ0v) is 7.62. The van der Waals surface area contributed by atoms with E-state index in [-0.39, 0.29) is 5.97 Å². The summed E-state index contributed by atoms with van der Waals surface area (Å²) in [5.41, 5.74) is 1.63. The van der Waals surface area contributed by atoms with Crippen molar-refractivity contribution in [2.24, 2.45) is 0 Å². The lowest BCUT2D eigenvalue weighted by Gasteiger charge is -2.01. The molecule has 0 unspecified atom stereocenters. The van der Waals surface area contributed by atoms with Crippen molar-refractivity contribution < 1.29 is 9.53 Å². The van der Waals surface area contributed by atoms with Gasteiger partial charge in [0.2, 0.25) is 0 Å². The first-order valence-electron chi connectivity index (χ1n) is 4.22. The van der Waals surface area contributed by atoms with Gasteiger partial charge in [-0.25, -0.2) is 0 Å². The van der Waals surface area contributed by atoms with Crippen LogP contribution in [0.2, 0.25) is 0 Å². The molecule has 0 aromatic heterocycles. The summed E-state index contributed by atoms with van der Waals surface area (Å²) < 4.78 is 4.81. The first kappa shape index (κ1) is 9.84. The van der Waals surface area contributed by atoms with E-state index in [0.29, 0.717) is 18.5 Å². The van der Waals surface area contributed by atoms with Gasteiger partial charge in [-0.1, -0.05) is 29.7 Å². The molecule has 0 aliphatic heterocycles. The monoisotopic (exact) mass is 174 g/mol. The maximum atomic E-state index is 11.0. The molecule has 0 N–H and O–H groups in total. The summed E-state index contributed by atoms with van der Waals surface area (Å²) in [5.74, 6) is -0.202. The van der Waals surface area contributed by atoms with Gasteiger partial charge in [0.1, 0.15) is 7.85 Å². The molecule has 2 nitrogen and oxygen atoms in total. The Morgan fingerprint density at radius 3 is 2.54 bits per heavy atom. The second-order valence-electron chi connectivity index (χ2n) is 2.72. The molecule has 2 radical (unpaired) electrons. The van der Waals surface area contributed by atoms with Crippen LogP contribution in [0.1, 0.15) is 12.5 Å². The van der Waals surface area contributed by atoms with Crippen molar-refractivity contribution in [3.63, 3.8) is 0 Å². The number of hydrogen-bond donors (Lipinski definition) is 0. The number of rotatable bonds is 3. The maximum absolute atomic E-state index is 11.0. The summed E-state index contributed by atoms with van der Waals surface area (Å²) in [4.78, 5) is 11.0. The topological polar surface area (TPSA) is 26.3 Å². The molecule has 0 saturated heterocycles. The largest absolute Gasteiger partial charge is 0.466 e. The van der Waals surface area contributed by atoms with E-state index in [1.54, 1.807) is 19.1 Å². The standard InChI is InChI=1S/C10H11BO2/c1-2-13-10(12)7-8-3-5-9(11)6-4-8/h3-6H,2,7H2,1H3. The number of ether oxygens (including phenoxy) is 1. The molecule has 0 aliphatic rings. The third-order valence-electron chi connectivity index (χ3n) is 1.63. The van der Waals surface area contributed by atoms with E-state index >= 15 is 0 Å². The van der Waals surface area contributed by atoms with Crippen molar-refractivity contribution in [2.75, 3.05) is 6.61 Å². The van der Waals surface area contributed by atoms with Gasteiger partial charge in [-0.05, 0) is 12.5 Å². The van der Waals surface area contributed by atoms with Crippen LogP contribution in [0, 0.1) is 0 Å². The van der Waals surface area contributed by atoms with Crippen LogP contribution in [0.4, 0.5) is 0 Å². The van der Waals surface area contributed by atoms with Crippen LogP contribution in [0.5, 0.6) is 0 Å². The summed E-state index contributed by atoms with van der Waals surface area (Å²) in [6, 6.07) is 7.20. The van der Waals surface area contributed by atoms with Crippen LogP contribution < -0.4 is 5.46 Å². The Bertz CT molecular complexity index is 279. The molecule has 0 heterocycles. The van der Waals surface area contributed by atoms with Crippen molar-refractivity contribution in [3.05, 3.63) is 29.8 Å². The summed E-state index contributed by atoms with van der Waals surface area (Å²) >= 11 is 0. The molecular weight excluding hydrogens is 163 g/mol. The number of esters is 1. The van der Waals surface area contributed by atoms with Crippen LogP contribution in [0.25, 0.3) is 0 Å².